The first-order chi connectivity index (χ1) is 10.7. The molecule has 1 aliphatic heterocycles. The summed E-state index contributed by atoms with van der Waals surface area (Å²) < 4.78 is 0. The van der Waals surface area contributed by atoms with E-state index in [4.69, 9.17) is 0 Å². The maximum absolute atomic E-state index is 4.34. The van der Waals surface area contributed by atoms with E-state index < -0.39 is 0 Å². The highest BCUT2D eigenvalue weighted by molar-refractivity contribution is 5.79. The summed E-state index contributed by atoms with van der Waals surface area (Å²) in [6.45, 7) is 12.7. The molecule has 1 fully saturated rings. The highest BCUT2D eigenvalue weighted by Crippen LogP contribution is 2.16. The predicted octanol–water partition coefficient (Wildman–Crippen LogP) is 3.10. The molecule has 0 spiro atoms. The van der Waals surface area contributed by atoms with Gasteiger partial charge >= 0.3 is 0 Å². The Morgan fingerprint density at radius 2 is 2.05 bits per heavy atom. The maximum atomic E-state index is 4.34. The largest absolute Gasteiger partial charge is 0.356 e. The molecule has 0 amide bonds. The van der Waals surface area contributed by atoms with Crippen LogP contribution in [0.25, 0.3) is 0 Å². The van der Waals surface area contributed by atoms with Crippen molar-refractivity contribution >= 4 is 5.96 Å². The fourth-order valence-corrected chi connectivity index (χ4v) is 3.22. The summed E-state index contributed by atoms with van der Waals surface area (Å²) in [7, 11) is 1.87. The summed E-state index contributed by atoms with van der Waals surface area (Å²) >= 11 is 0. The van der Waals surface area contributed by atoms with Crippen LogP contribution in [0.15, 0.2) is 4.99 Å². The molecule has 4 nitrogen and oxygen atoms in total. The lowest BCUT2D eigenvalue weighted by Gasteiger charge is -2.34. The monoisotopic (exact) mass is 310 g/mol. The molecule has 0 radical (unpaired) electrons. The summed E-state index contributed by atoms with van der Waals surface area (Å²) in [5.41, 5.74) is 0. The van der Waals surface area contributed by atoms with Crippen molar-refractivity contribution in [1.82, 2.24) is 15.5 Å². The molecule has 1 saturated heterocycles. The lowest BCUT2D eigenvalue weighted by atomic mass is 9.97. The molecule has 0 aromatic carbocycles. The van der Waals surface area contributed by atoms with Crippen molar-refractivity contribution in [2.45, 2.75) is 59.3 Å². The van der Waals surface area contributed by atoms with Gasteiger partial charge in [0.15, 0.2) is 5.96 Å². The van der Waals surface area contributed by atoms with Crippen LogP contribution in [-0.2, 0) is 0 Å². The molecule has 1 aliphatic rings. The van der Waals surface area contributed by atoms with Crippen molar-refractivity contribution < 1.29 is 0 Å². The number of nitrogens with one attached hydrogen (secondary N) is 2. The number of hydrogen-bond acceptors (Lipinski definition) is 2. The smallest absolute Gasteiger partial charge is 0.190 e. The van der Waals surface area contributed by atoms with Gasteiger partial charge < -0.3 is 15.5 Å². The first-order valence-electron chi connectivity index (χ1n) is 9.32. The van der Waals surface area contributed by atoms with Crippen LogP contribution < -0.4 is 10.6 Å². The minimum atomic E-state index is 0.756. The average molecular weight is 311 g/mol. The lowest BCUT2D eigenvalue weighted by Crippen LogP contribution is -2.45. The van der Waals surface area contributed by atoms with Crippen molar-refractivity contribution in [1.29, 1.82) is 0 Å². The maximum Gasteiger partial charge on any atom is 0.190 e. The van der Waals surface area contributed by atoms with Gasteiger partial charge in [-0.3, -0.25) is 4.99 Å². The molecule has 0 aromatic rings. The number of hydrogen-bond donors (Lipinski definition) is 2. The number of aliphatic imine (C=N–C) groups is 1. The summed E-state index contributed by atoms with van der Waals surface area (Å²) in [4.78, 5) is 6.96. The van der Waals surface area contributed by atoms with Crippen molar-refractivity contribution in [3.05, 3.63) is 0 Å². The molecule has 0 bridgehead atoms. The van der Waals surface area contributed by atoms with Crippen LogP contribution in [-0.4, -0.2) is 50.6 Å². The molecule has 22 heavy (non-hydrogen) atoms. The summed E-state index contributed by atoms with van der Waals surface area (Å²) in [6, 6.07) is 0. The summed E-state index contributed by atoms with van der Waals surface area (Å²) in [5, 5.41) is 6.95. The predicted molar refractivity (Wildman–Crippen MR) is 97.5 cm³/mol. The fraction of sp³-hybridized carbons (Fsp3) is 0.944. The number of likely N-dealkylation sites (tertiary alicyclic amines) is 1. The Balaban J connectivity index is 2.19. The second-order valence-electron chi connectivity index (χ2n) is 7.10. The molecular formula is C18H38N4. The van der Waals surface area contributed by atoms with Gasteiger partial charge in [0.25, 0.3) is 0 Å². The van der Waals surface area contributed by atoms with Gasteiger partial charge in [-0.15, -0.1) is 0 Å². The number of rotatable bonds is 9. The zero-order valence-corrected chi connectivity index (χ0v) is 15.3. The quantitative estimate of drug-likeness (QED) is 0.390. The molecule has 0 saturated carbocycles. The Bertz CT molecular complexity index is 301. The van der Waals surface area contributed by atoms with E-state index >= 15 is 0 Å². The number of unbranched alkanes of at least 4 members (excludes halogenated alkanes) is 3. The second kappa shape index (κ2) is 11.8. The minimum absolute atomic E-state index is 0.756. The zero-order chi connectivity index (χ0) is 16.2. The van der Waals surface area contributed by atoms with E-state index in [1.165, 1.54) is 58.2 Å². The standard InChI is InChI=1S/C18H38N4/c1-5-6-7-8-11-20-18(19-4)21-13-17-10-9-12-22(15-17)14-16(2)3/h16-17H,5-15H2,1-4H3,(H2,19,20,21). The first-order valence-corrected chi connectivity index (χ1v) is 9.32. The zero-order valence-electron chi connectivity index (χ0n) is 15.3. The van der Waals surface area contributed by atoms with E-state index in [9.17, 15) is 0 Å². The normalized spacial score (nSPS) is 20.4. The summed E-state index contributed by atoms with van der Waals surface area (Å²) in [6.07, 6.45) is 7.85. The van der Waals surface area contributed by atoms with Gasteiger partial charge in [0.1, 0.15) is 0 Å². The molecule has 130 valence electrons. The van der Waals surface area contributed by atoms with Crippen LogP contribution in [0.2, 0.25) is 0 Å². The average Bonchev–Trinajstić information content (AvgIpc) is 2.50. The highest BCUT2D eigenvalue weighted by Gasteiger charge is 2.20. The molecular weight excluding hydrogens is 272 g/mol. The van der Waals surface area contributed by atoms with Gasteiger partial charge in [0, 0.05) is 33.2 Å². The lowest BCUT2D eigenvalue weighted by molar-refractivity contribution is 0.159. The van der Waals surface area contributed by atoms with E-state index in [-0.39, 0.29) is 0 Å². The molecule has 0 aromatic heterocycles. The van der Waals surface area contributed by atoms with Crippen LogP contribution in [0.4, 0.5) is 0 Å². The molecule has 1 heterocycles. The third-order valence-corrected chi connectivity index (χ3v) is 4.33. The molecule has 0 aliphatic carbocycles. The van der Waals surface area contributed by atoms with Crippen molar-refractivity contribution in [2.75, 3.05) is 39.8 Å². The Morgan fingerprint density at radius 1 is 1.23 bits per heavy atom. The Morgan fingerprint density at radius 3 is 2.73 bits per heavy atom. The topological polar surface area (TPSA) is 39.7 Å². The second-order valence-corrected chi connectivity index (χ2v) is 7.10. The van der Waals surface area contributed by atoms with Crippen molar-refractivity contribution in [3.63, 3.8) is 0 Å². The minimum Gasteiger partial charge on any atom is -0.356 e. The van der Waals surface area contributed by atoms with E-state index in [0.717, 1.165) is 30.9 Å². The summed E-state index contributed by atoms with van der Waals surface area (Å²) in [5.74, 6) is 2.49. The van der Waals surface area contributed by atoms with Crippen LogP contribution >= 0.6 is 0 Å². The van der Waals surface area contributed by atoms with Gasteiger partial charge in [-0.25, -0.2) is 0 Å². The third-order valence-electron chi connectivity index (χ3n) is 4.33. The van der Waals surface area contributed by atoms with Crippen molar-refractivity contribution in [2.24, 2.45) is 16.8 Å². The number of nitrogens with zero attached hydrogens (tertiary/aromatic N) is 2. The fourth-order valence-electron chi connectivity index (χ4n) is 3.22. The Kier molecular flexibility index (Phi) is 10.3. The van der Waals surface area contributed by atoms with Gasteiger partial charge in [-0.2, -0.15) is 0 Å². The molecule has 1 atom stereocenters. The highest BCUT2D eigenvalue weighted by atomic mass is 15.2. The van der Waals surface area contributed by atoms with Crippen LogP contribution in [0.3, 0.4) is 0 Å². The SMILES string of the molecule is CCCCCCNC(=NC)NCC1CCCN(CC(C)C)C1. The van der Waals surface area contributed by atoms with E-state index in [0.29, 0.717) is 0 Å². The molecule has 2 N–H and O–H groups in total. The van der Waals surface area contributed by atoms with E-state index in [1.54, 1.807) is 0 Å². The van der Waals surface area contributed by atoms with Crippen LogP contribution in [0.5, 0.6) is 0 Å². The van der Waals surface area contributed by atoms with Crippen LogP contribution in [0.1, 0.15) is 59.3 Å². The van der Waals surface area contributed by atoms with Gasteiger partial charge in [-0.05, 0) is 37.6 Å². The van der Waals surface area contributed by atoms with Crippen LogP contribution in [0, 0.1) is 11.8 Å². The Hall–Kier alpha value is -0.770. The number of piperidine rings is 1. The number of guanidine groups is 1. The Labute approximate surface area is 138 Å². The molecule has 1 unspecified atom stereocenters. The first kappa shape index (κ1) is 19.3. The third kappa shape index (κ3) is 8.62. The van der Waals surface area contributed by atoms with Gasteiger partial charge in [0.2, 0.25) is 0 Å². The van der Waals surface area contributed by atoms with Crippen molar-refractivity contribution in [3.8, 4) is 0 Å². The molecule has 1 rings (SSSR count). The van der Waals surface area contributed by atoms with E-state index in [1.807, 2.05) is 7.05 Å². The van der Waals surface area contributed by atoms with Gasteiger partial charge in [0.05, 0.1) is 0 Å². The van der Waals surface area contributed by atoms with Gasteiger partial charge in [-0.1, -0.05) is 40.0 Å². The molecule has 4 heteroatoms. The van der Waals surface area contributed by atoms with E-state index in [2.05, 4.69) is 41.3 Å².